The highest BCUT2D eigenvalue weighted by Crippen LogP contribution is 2.45. The van der Waals surface area contributed by atoms with E-state index in [0.717, 1.165) is 127 Å². The number of esters is 4. The Morgan fingerprint density at radius 2 is 0.551 bits per heavy atom. The van der Waals surface area contributed by atoms with E-state index in [0.29, 0.717) is 25.7 Å². The smallest absolute Gasteiger partial charge is 0.462 e. The fourth-order valence-corrected chi connectivity index (χ4v) is 14.7. The molecule has 0 saturated carbocycles. The molecule has 0 heterocycles. The summed E-state index contributed by atoms with van der Waals surface area (Å²) in [5.74, 6) is 0.271. The van der Waals surface area contributed by atoms with E-state index >= 15 is 0 Å². The van der Waals surface area contributed by atoms with Gasteiger partial charge in [0, 0.05) is 25.7 Å². The number of hydrogen-bond acceptors (Lipinski definition) is 15. The van der Waals surface area contributed by atoms with Crippen LogP contribution in [0.1, 0.15) is 440 Å². The Bertz CT molecular complexity index is 2160. The van der Waals surface area contributed by atoms with Crippen LogP contribution in [0.2, 0.25) is 0 Å². The lowest BCUT2D eigenvalue weighted by atomic mass is 9.99. The van der Waals surface area contributed by atoms with Gasteiger partial charge in [-0.25, -0.2) is 9.13 Å². The van der Waals surface area contributed by atoms with Crippen LogP contribution in [0.3, 0.4) is 0 Å². The lowest BCUT2D eigenvalue weighted by Crippen LogP contribution is -2.30. The number of hydrogen-bond donors (Lipinski definition) is 3. The van der Waals surface area contributed by atoms with Gasteiger partial charge in [-0.05, 0) is 69.1 Å². The summed E-state index contributed by atoms with van der Waals surface area (Å²) in [7, 11) is -9.94. The van der Waals surface area contributed by atoms with Crippen LogP contribution < -0.4 is 0 Å². The summed E-state index contributed by atoms with van der Waals surface area (Å²) < 4.78 is 68.9. The van der Waals surface area contributed by atoms with E-state index in [1.54, 1.807) is 0 Å². The maximum atomic E-state index is 13.2. The molecule has 632 valence electrons. The van der Waals surface area contributed by atoms with Crippen LogP contribution >= 0.6 is 15.6 Å². The minimum Gasteiger partial charge on any atom is -0.462 e. The van der Waals surface area contributed by atoms with E-state index < -0.39 is 97.5 Å². The minimum absolute atomic E-state index is 0.0846. The Hall–Kier alpha value is -2.46. The highest BCUT2D eigenvalue weighted by molar-refractivity contribution is 7.47. The fraction of sp³-hybridized carbons (Fsp3) is 0.909. The first-order valence-electron chi connectivity index (χ1n) is 44.7. The topological polar surface area (TPSA) is 237 Å². The van der Waals surface area contributed by atoms with Crippen molar-refractivity contribution in [1.29, 1.82) is 0 Å². The van der Waals surface area contributed by atoms with E-state index in [2.05, 4.69) is 72.8 Å². The SMILES string of the molecule is CCCCCC/C=C\C=C/CCCCCCCC(=O)O[C@H](COC(=O)CCCCCCCCCCC(C)C)COP(=O)(O)OC[C@H](O)COP(=O)(O)OC[C@@H](COC(=O)CCCCCCCCCCCCCCCCCCC(C)C)OC(=O)CCCCCCCCCCCCCCCCCCCCC(C)CC. The fourth-order valence-electron chi connectivity index (χ4n) is 13.2. The Morgan fingerprint density at radius 3 is 0.832 bits per heavy atom. The molecule has 0 aliphatic heterocycles. The first kappa shape index (κ1) is 105. The zero-order valence-corrected chi connectivity index (χ0v) is 71.9. The van der Waals surface area contributed by atoms with Crippen LogP contribution in [0.5, 0.6) is 0 Å². The van der Waals surface area contributed by atoms with Gasteiger partial charge in [0.15, 0.2) is 12.2 Å². The lowest BCUT2D eigenvalue weighted by molar-refractivity contribution is -0.161. The first-order valence-corrected chi connectivity index (χ1v) is 47.7. The molecule has 3 unspecified atom stereocenters. The second kappa shape index (κ2) is 77.5. The molecular weight excluding hydrogens is 1390 g/mol. The van der Waals surface area contributed by atoms with Crippen molar-refractivity contribution in [1.82, 2.24) is 0 Å². The van der Waals surface area contributed by atoms with Crippen molar-refractivity contribution < 1.29 is 80.2 Å². The third-order valence-electron chi connectivity index (χ3n) is 20.4. The Labute approximate surface area is 656 Å². The van der Waals surface area contributed by atoms with E-state index in [9.17, 15) is 43.2 Å². The molecule has 0 aliphatic carbocycles. The first-order chi connectivity index (χ1) is 51.8. The summed E-state index contributed by atoms with van der Waals surface area (Å²) in [6, 6.07) is 0. The van der Waals surface area contributed by atoms with Crippen LogP contribution in [0, 0.1) is 17.8 Å². The molecule has 107 heavy (non-hydrogen) atoms. The van der Waals surface area contributed by atoms with Gasteiger partial charge in [-0.1, -0.05) is 387 Å². The van der Waals surface area contributed by atoms with Crippen LogP contribution in [0.15, 0.2) is 24.3 Å². The maximum absolute atomic E-state index is 13.2. The van der Waals surface area contributed by atoms with Gasteiger partial charge in [-0.3, -0.25) is 37.3 Å². The molecule has 0 aromatic heterocycles. The van der Waals surface area contributed by atoms with Gasteiger partial charge in [0.1, 0.15) is 19.3 Å². The molecule has 0 fully saturated rings. The highest BCUT2D eigenvalue weighted by Gasteiger charge is 2.30. The predicted octanol–water partition coefficient (Wildman–Crippen LogP) is 26.4. The molecule has 3 N–H and O–H groups in total. The van der Waals surface area contributed by atoms with Gasteiger partial charge >= 0.3 is 39.5 Å². The Morgan fingerprint density at radius 1 is 0.308 bits per heavy atom. The number of carbonyl (C=O) groups is 4. The third kappa shape index (κ3) is 80.0. The molecule has 0 aliphatic rings. The summed E-state index contributed by atoms with van der Waals surface area (Å²) in [6.07, 6.45) is 71.7. The summed E-state index contributed by atoms with van der Waals surface area (Å²) in [4.78, 5) is 73.2. The van der Waals surface area contributed by atoms with Gasteiger partial charge in [-0.15, -0.1) is 0 Å². The van der Waals surface area contributed by atoms with Crippen LogP contribution in [0.4, 0.5) is 0 Å². The third-order valence-corrected chi connectivity index (χ3v) is 22.3. The monoisotopic (exact) mass is 1560 g/mol. The number of ether oxygens (including phenoxy) is 4. The van der Waals surface area contributed by atoms with Gasteiger partial charge in [0.05, 0.1) is 26.4 Å². The van der Waals surface area contributed by atoms with Gasteiger partial charge in [0.25, 0.3) is 0 Å². The molecule has 0 aromatic carbocycles. The molecule has 17 nitrogen and oxygen atoms in total. The summed E-state index contributed by atoms with van der Waals surface area (Å²) in [5, 5.41) is 10.7. The highest BCUT2D eigenvalue weighted by atomic mass is 31.2. The lowest BCUT2D eigenvalue weighted by Gasteiger charge is -2.21. The van der Waals surface area contributed by atoms with E-state index in [4.69, 9.17) is 37.0 Å². The zero-order chi connectivity index (χ0) is 78.6. The average molecular weight is 1560 g/mol. The number of phosphoric ester groups is 2. The van der Waals surface area contributed by atoms with Crippen molar-refractivity contribution in [3.05, 3.63) is 24.3 Å². The molecule has 0 aromatic rings. The number of rotatable bonds is 84. The Balaban J connectivity index is 5.26. The molecule has 0 rings (SSSR count). The number of phosphoric acid groups is 2. The number of aliphatic hydroxyl groups is 1. The molecule has 0 bridgehead atoms. The van der Waals surface area contributed by atoms with Crippen molar-refractivity contribution in [2.75, 3.05) is 39.6 Å². The van der Waals surface area contributed by atoms with Crippen molar-refractivity contribution in [2.24, 2.45) is 17.8 Å². The summed E-state index contributed by atoms with van der Waals surface area (Å²) >= 11 is 0. The molecule has 0 spiro atoms. The van der Waals surface area contributed by atoms with Crippen molar-refractivity contribution in [3.8, 4) is 0 Å². The van der Waals surface area contributed by atoms with Crippen molar-refractivity contribution in [2.45, 2.75) is 458 Å². The van der Waals surface area contributed by atoms with Gasteiger partial charge < -0.3 is 33.8 Å². The number of carbonyl (C=O) groups excluding carboxylic acids is 4. The van der Waals surface area contributed by atoms with Crippen LogP contribution in [-0.4, -0.2) is 96.7 Å². The van der Waals surface area contributed by atoms with Gasteiger partial charge in [0.2, 0.25) is 0 Å². The average Bonchev–Trinajstić information content (AvgIpc) is 0.908. The zero-order valence-electron chi connectivity index (χ0n) is 70.1. The number of allylic oxidation sites excluding steroid dienone is 4. The molecule has 0 amide bonds. The van der Waals surface area contributed by atoms with E-state index in [-0.39, 0.29) is 25.7 Å². The normalized spacial score (nSPS) is 14.2. The molecule has 0 radical (unpaired) electrons. The van der Waals surface area contributed by atoms with Crippen molar-refractivity contribution in [3.63, 3.8) is 0 Å². The second-order valence-electron chi connectivity index (χ2n) is 32.1. The standard InChI is InChI=1S/C88H168O17P2/c1-8-10-11-12-13-14-15-16-23-31-36-41-50-57-64-71-88(93)105-84(76-99-86(91)70-63-56-49-44-43-46-53-60-67-80(5)6)78-103-107(96,97)101-74-82(89)73-100-106(94,95)102-77-83(75-98-85(90)69-62-55-48-40-35-30-26-22-21-24-28-33-38-45-52-59-66-79(3)4)104-87(92)72-65-58-51-42-37-32-27-20-18-17-19-25-29-34-39-47-54-61-68-81(7)9-2/h14-16,23,79-84,89H,8-13,17-22,24-78H2,1-7H3,(H,94,95)(H,96,97)/b15-14-,23-16-/t81?,82-,83-,84-/m1/s1. The molecular formula is C88H168O17P2. The largest absolute Gasteiger partial charge is 0.472 e. The molecule has 0 saturated heterocycles. The quantitative estimate of drug-likeness (QED) is 0.0169. The summed E-state index contributed by atoms with van der Waals surface area (Å²) in [5.41, 5.74) is 0. The molecule has 6 atom stereocenters. The van der Waals surface area contributed by atoms with Gasteiger partial charge in [-0.2, -0.15) is 0 Å². The van der Waals surface area contributed by atoms with Crippen LogP contribution in [0.25, 0.3) is 0 Å². The predicted molar refractivity (Wildman–Crippen MR) is 441 cm³/mol. The molecule has 19 heteroatoms. The van der Waals surface area contributed by atoms with Crippen molar-refractivity contribution >= 4 is 39.5 Å². The maximum Gasteiger partial charge on any atom is 0.472 e. The van der Waals surface area contributed by atoms with E-state index in [1.165, 1.54) is 231 Å². The minimum atomic E-state index is -4.97. The summed E-state index contributed by atoms with van der Waals surface area (Å²) in [6.45, 7) is 12.0. The second-order valence-corrected chi connectivity index (χ2v) is 35.0. The number of aliphatic hydroxyl groups excluding tert-OH is 1. The number of unbranched alkanes of at least 4 members (excludes halogenated alkanes) is 48. The van der Waals surface area contributed by atoms with E-state index in [1.807, 2.05) is 0 Å². The van der Waals surface area contributed by atoms with Crippen LogP contribution in [-0.2, 0) is 65.4 Å². The Kier molecular flexibility index (Phi) is 75.7.